The molecule has 26 heavy (non-hydrogen) atoms. The second-order valence-corrected chi connectivity index (χ2v) is 7.84. The molecule has 1 aliphatic rings. The van der Waals surface area contributed by atoms with Gasteiger partial charge in [-0.05, 0) is 11.6 Å². The first kappa shape index (κ1) is 16.9. The van der Waals surface area contributed by atoms with Gasteiger partial charge in [0.2, 0.25) is 10.0 Å². The molecule has 136 valence electrons. The summed E-state index contributed by atoms with van der Waals surface area (Å²) in [6, 6.07) is 1.76. The summed E-state index contributed by atoms with van der Waals surface area (Å²) < 4.78 is 62.3. The lowest BCUT2D eigenvalue weighted by molar-refractivity contribution is -0.106. The van der Waals surface area contributed by atoms with Crippen LogP contribution >= 0.6 is 0 Å². The normalized spacial score (nSPS) is 16.5. The molecular weight excluding hydrogens is 371 g/mol. The van der Waals surface area contributed by atoms with E-state index < -0.39 is 22.0 Å². The van der Waals surface area contributed by atoms with Crippen LogP contribution in [0.4, 0.5) is 13.2 Å². The molecule has 11 heteroatoms. The summed E-state index contributed by atoms with van der Waals surface area (Å²) in [5.74, 6) is -1.88. The Hall–Kier alpha value is -2.53. The summed E-state index contributed by atoms with van der Waals surface area (Å²) in [4.78, 5) is 15.6. The smallest absolute Gasteiger partial charge is 0.345 e. The third kappa shape index (κ3) is 2.92. The highest BCUT2D eigenvalue weighted by atomic mass is 32.2. The fraction of sp³-hybridized carbons (Fsp3) is 0.267. The lowest BCUT2D eigenvalue weighted by atomic mass is 10.1. The Morgan fingerprint density at radius 3 is 2.81 bits per heavy atom. The van der Waals surface area contributed by atoms with Crippen molar-refractivity contribution in [1.82, 2.24) is 24.2 Å². The van der Waals surface area contributed by atoms with Crippen molar-refractivity contribution in [2.24, 2.45) is 0 Å². The first-order chi connectivity index (χ1) is 12.2. The van der Waals surface area contributed by atoms with Gasteiger partial charge in [0, 0.05) is 30.1 Å². The van der Waals surface area contributed by atoms with E-state index in [2.05, 4.69) is 19.9 Å². The van der Waals surface area contributed by atoms with Gasteiger partial charge < -0.3 is 4.98 Å². The van der Waals surface area contributed by atoms with Crippen molar-refractivity contribution in [1.29, 1.82) is 0 Å². The lowest BCUT2D eigenvalue weighted by Crippen LogP contribution is -2.36. The van der Waals surface area contributed by atoms with Gasteiger partial charge >= 0.3 is 6.18 Å². The number of alkyl halides is 3. The zero-order valence-electron chi connectivity index (χ0n) is 13.2. The van der Waals surface area contributed by atoms with Gasteiger partial charge in [0.15, 0.2) is 11.4 Å². The summed E-state index contributed by atoms with van der Waals surface area (Å²) >= 11 is 0. The molecule has 0 spiro atoms. The molecule has 4 heterocycles. The van der Waals surface area contributed by atoms with Gasteiger partial charge in [-0.1, -0.05) is 6.08 Å². The monoisotopic (exact) mass is 383 g/mol. The molecule has 3 aromatic heterocycles. The summed E-state index contributed by atoms with van der Waals surface area (Å²) in [6.45, 7) is -0.286. The Kier molecular flexibility index (Phi) is 3.74. The summed E-state index contributed by atoms with van der Waals surface area (Å²) in [7, 11) is -4.45. The zero-order valence-corrected chi connectivity index (χ0v) is 14.0. The lowest BCUT2D eigenvalue weighted by Gasteiger charge is -2.17. The Morgan fingerprint density at radius 1 is 1.23 bits per heavy atom. The average Bonchev–Trinajstić information content (AvgIpc) is 3.21. The standard InChI is InChI=1S/C15H12F3N5O2S/c16-15(17,18)7-26(24,25)23-4-2-9(6-23)13-12-10-1-3-19-14(10)20-5-11(12)21-8-22-13/h1-3,5,8H,4,6-7H2,(H,21,22). The van der Waals surface area contributed by atoms with E-state index in [0.29, 0.717) is 27.8 Å². The van der Waals surface area contributed by atoms with E-state index in [-0.39, 0.29) is 13.1 Å². The van der Waals surface area contributed by atoms with Crippen molar-refractivity contribution in [2.75, 3.05) is 18.8 Å². The van der Waals surface area contributed by atoms with E-state index in [1.54, 1.807) is 24.5 Å². The first-order valence-corrected chi connectivity index (χ1v) is 9.16. The molecule has 0 fully saturated rings. The topological polar surface area (TPSA) is 91.8 Å². The maximum Gasteiger partial charge on any atom is 0.404 e. The number of hydrogen-bond donors (Lipinski definition) is 1. The number of rotatable bonds is 3. The minimum absolute atomic E-state index is 0.122. The number of hydrogen-bond acceptors (Lipinski definition) is 5. The number of halogens is 3. The molecule has 0 unspecified atom stereocenters. The fourth-order valence-electron chi connectivity index (χ4n) is 3.01. The predicted molar refractivity (Wildman–Crippen MR) is 88.6 cm³/mol. The van der Waals surface area contributed by atoms with Gasteiger partial charge in [-0.2, -0.15) is 17.5 Å². The highest BCUT2D eigenvalue weighted by Crippen LogP contribution is 2.31. The molecule has 0 bridgehead atoms. The Bertz CT molecular complexity index is 1140. The van der Waals surface area contributed by atoms with E-state index in [1.165, 1.54) is 6.33 Å². The highest BCUT2D eigenvalue weighted by molar-refractivity contribution is 7.89. The maximum atomic E-state index is 12.5. The number of aromatic nitrogens is 4. The van der Waals surface area contributed by atoms with Crippen molar-refractivity contribution in [3.63, 3.8) is 0 Å². The second kappa shape index (κ2) is 5.74. The zero-order chi connectivity index (χ0) is 18.5. The molecule has 1 N–H and O–H groups in total. The molecule has 0 atom stereocenters. The minimum Gasteiger partial charge on any atom is -0.345 e. The second-order valence-electron chi connectivity index (χ2n) is 5.87. The van der Waals surface area contributed by atoms with Crippen molar-refractivity contribution in [2.45, 2.75) is 6.18 Å². The maximum absolute atomic E-state index is 12.5. The number of aromatic amines is 1. The van der Waals surface area contributed by atoms with Crippen LogP contribution in [0.1, 0.15) is 5.69 Å². The molecule has 7 nitrogen and oxygen atoms in total. The molecule has 3 aromatic rings. The van der Waals surface area contributed by atoms with Gasteiger partial charge in [0.05, 0.1) is 23.7 Å². The van der Waals surface area contributed by atoms with E-state index in [0.717, 1.165) is 9.69 Å². The van der Waals surface area contributed by atoms with E-state index >= 15 is 0 Å². The van der Waals surface area contributed by atoms with Crippen LogP contribution in [0.2, 0.25) is 0 Å². The van der Waals surface area contributed by atoms with Crippen LogP contribution in [0.3, 0.4) is 0 Å². The highest BCUT2D eigenvalue weighted by Gasteiger charge is 2.39. The van der Waals surface area contributed by atoms with Gasteiger partial charge in [-0.3, -0.25) is 0 Å². The van der Waals surface area contributed by atoms with Crippen molar-refractivity contribution >= 4 is 37.5 Å². The summed E-state index contributed by atoms with van der Waals surface area (Å²) in [5, 5.41) is 1.44. The minimum atomic E-state index is -4.78. The molecule has 0 saturated heterocycles. The predicted octanol–water partition coefficient (Wildman–Crippen LogP) is 2.10. The quantitative estimate of drug-likeness (QED) is 0.748. The largest absolute Gasteiger partial charge is 0.404 e. The van der Waals surface area contributed by atoms with Crippen molar-refractivity contribution < 1.29 is 21.6 Å². The third-order valence-corrected chi connectivity index (χ3v) is 5.87. The van der Waals surface area contributed by atoms with Gasteiger partial charge in [-0.25, -0.2) is 23.4 Å². The van der Waals surface area contributed by atoms with Crippen LogP contribution in [0.5, 0.6) is 0 Å². The van der Waals surface area contributed by atoms with Crippen LogP contribution in [0.15, 0.2) is 30.9 Å². The number of sulfonamides is 1. The number of nitrogens with zero attached hydrogens (tertiary/aromatic N) is 4. The van der Waals surface area contributed by atoms with E-state index in [1.807, 2.05) is 0 Å². The number of pyridine rings is 1. The van der Waals surface area contributed by atoms with Crippen molar-refractivity contribution in [3.05, 3.63) is 36.6 Å². The first-order valence-electron chi connectivity index (χ1n) is 7.55. The molecule has 0 aromatic carbocycles. The van der Waals surface area contributed by atoms with E-state index in [9.17, 15) is 21.6 Å². The molecule has 0 aliphatic carbocycles. The van der Waals surface area contributed by atoms with Crippen LogP contribution in [0.25, 0.3) is 27.5 Å². The van der Waals surface area contributed by atoms with Gasteiger partial charge in [0.25, 0.3) is 0 Å². The van der Waals surface area contributed by atoms with Crippen molar-refractivity contribution in [3.8, 4) is 0 Å². The van der Waals surface area contributed by atoms with Gasteiger partial charge in [-0.15, -0.1) is 0 Å². The van der Waals surface area contributed by atoms with E-state index in [4.69, 9.17) is 0 Å². The average molecular weight is 383 g/mol. The van der Waals surface area contributed by atoms with Crippen LogP contribution in [-0.4, -0.2) is 57.7 Å². The van der Waals surface area contributed by atoms with Gasteiger partial charge in [0.1, 0.15) is 0 Å². The molecule has 4 rings (SSSR count). The Labute approximate surface area is 145 Å². The number of nitrogens with one attached hydrogen (secondary N) is 1. The summed E-state index contributed by atoms with van der Waals surface area (Å²) in [6.07, 6.45) is 1.42. The fourth-order valence-corrected chi connectivity index (χ4v) is 4.25. The Morgan fingerprint density at radius 2 is 2.04 bits per heavy atom. The number of H-pyrrole nitrogens is 1. The molecule has 1 aliphatic heterocycles. The van der Waals surface area contributed by atoms with Crippen LogP contribution < -0.4 is 0 Å². The van der Waals surface area contributed by atoms with Crippen LogP contribution in [0, 0.1) is 0 Å². The van der Waals surface area contributed by atoms with Crippen LogP contribution in [-0.2, 0) is 10.0 Å². The molecular formula is C15H12F3N5O2S. The Balaban J connectivity index is 1.73. The SMILES string of the molecule is O=S(=O)(CC(F)(F)F)N1CC=C(c2nc[nH]c3cnc4nccc4c23)C1. The third-order valence-electron chi connectivity index (χ3n) is 4.12. The number of fused-ring (bicyclic) bond motifs is 3. The molecule has 0 amide bonds. The molecule has 0 radical (unpaired) electrons. The molecule has 0 saturated carbocycles. The summed E-state index contributed by atoms with van der Waals surface area (Å²) in [5.41, 5.74) is 2.24.